The van der Waals surface area contributed by atoms with Gasteiger partial charge in [0.2, 0.25) is 5.91 Å². The molecule has 2 aromatic carbocycles. The summed E-state index contributed by atoms with van der Waals surface area (Å²) >= 11 is 0. The first-order valence-corrected chi connectivity index (χ1v) is 10.1. The summed E-state index contributed by atoms with van der Waals surface area (Å²) in [7, 11) is 0. The number of aryl methyl sites for hydroxylation is 2. The molecule has 148 valence electrons. The number of hydrogen-bond donors (Lipinski definition) is 1. The third-order valence-electron chi connectivity index (χ3n) is 4.85. The van der Waals surface area contributed by atoms with E-state index in [2.05, 4.69) is 28.9 Å². The second-order valence-corrected chi connectivity index (χ2v) is 6.94. The van der Waals surface area contributed by atoms with Gasteiger partial charge in [0.1, 0.15) is 11.6 Å². The lowest BCUT2D eigenvalue weighted by Crippen LogP contribution is -2.25. The van der Waals surface area contributed by atoms with Crippen LogP contribution in [0.4, 0.5) is 0 Å². The molecular weight excluding hydrogens is 350 g/mol. The Bertz CT molecular complexity index is 917. The average molecular weight is 380 g/mol. The molecule has 0 aliphatic carbocycles. The van der Waals surface area contributed by atoms with E-state index in [0.29, 0.717) is 19.6 Å². The number of carbonyl (C=O) groups is 1. The van der Waals surface area contributed by atoms with Gasteiger partial charge >= 0.3 is 0 Å². The van der Waals surface area contributed by atoms with E-state index in [0.717, 1.165) is 48.4 Å². The molecule has 0 bridgehead atoms. The largest absolute Gasteiger partial charge is 0.493 e. The lowest BCUT2D eigenvalue weighted by atomic mass is 10.2. The monoisotopic (exact) mass is 379 g/mol. The van der Waals surface area contributed by atoms with E-state index in [1.54, 1.807) is 0 Å². The average Bonchev–Trinajstić information content (AvgIpc) is 3.06. The number of fused-ring (bicyclic) bond motifs is 1. The van der Waals surface area contributed by atoms with Crippen molar-refractivity contribution < 1.29 is 9.53 Å². The lowest BCUT2D eigenvalue weighted by Gasteiger charge is -2.11. The standard InChI is InChI=1S/C23H29N3O2/c1-3-23(27)24-15-14-22-25-19-11-5-6-12-20(19)26(22)16-8-9-17-28-21-13-7-4-10-18(21)2/h4-7,10-13H,3,8-9,14-17H2,1-2H3,(H,24,27). The highest BCUT2D eigenvalue weighted by Crippen LogP contribution is 2.19. The molecule has 1 N–H and O–H groups in total. The van der Waals surface area contributed by atoms with Crippen molar-refractivity contribution in [3.05, 3.63) is 59.9 Å². The van der Waals surface area contributed by atoms with E-state index in [4.69, 9.17) is 9.72 Å². The first-order chi connectivity index (χ1) is 13.7. The highest BCUT2D eigenvalue weighted by Gasteiger charge is 2.10. The number of nitrogens with one attached hydrogen (secondary N) is 1. The van der Waals surface area contributed by atoms with E-state index in [-0.39, 0.29) is 5.91 Å². The van der Waals surface area contributed by atoms with Crippen LogP contribution in [-0.4, -0.2) is 28.6 Å². The zero-order chi connectivity index (χ0) is 19.8. The molecule has 3 rings (SSSR count). The Hall–Kier alpha value is -2.82. The molecule has 0 spiro atoms. The van der Waals surface area contributed by atoms with Gasteiger partial charge in [0.05, 0.1) is 17.6 Å². The fraction of sp³-hybridized carbons (Fsp3) is 0.391. The Kier molecular flexibility index (Phi) is 7.06. The molecule has 28 heavy (non-hydrogen) atoms. The molecule has 0 radical (unpaired) electrons. The van der Waals surface area contributed by atoms with Crippen LogP contribution in [0.1, 0.15) is 37.6 Å². The molecule has 5 nitrogen and oxygen atoms in total. The summed E-state index contributed by atoms with van der Waals surface area (Å²) in [6, 6.07) is 16.3. The normalized spacial score (nSPS) is 10.9. The Balaban J connectivity index is 1.57. The topological polar surface area (TPSA) is 56.2 Å². The van der Waals surface area contributed by atoms with Crippen LogP contribution < -0.4 is 10.1 Å². The number of unbranched alkanes of at least 4 members (excludes halogenated alkanes) is 1. The van der Waals surface area contributed by atoms with Crippen LogP contribution in [0.25, 0.3) is 11.0 Å². The number of aromatic nitrogens is 2. The van der Waals surface area contributed by atoms with Gasteiger partial charge in [-0.25, -0.2) is 4.98 Å². The molecule has 0 fully saturated rings. The predicted octanol–water partition coefficient (Wildman–Crippen LogP) is 4.27. The third kappa shape index (κ3) is 5.12. The maximum Gasteiger partial charge on any atom is 0.219 e. The van der Waals surface area contributed by atoms with Crippen LogP contribution >= 0.6 is 0 Å². The minimum atomic E-state index is 0.0796. The van der Waals surface area contributed by atoms with Gasteiger partial charge < -0.3 is 14.6 Å². The Labute approximate surface area is 166 Å². The molecule has 1 heterocycles. The molecule has 0 atom stereocenters. The van der Waals surface area contributed by atoms with Gasteiger partial charge in [-0.05, 0) is 43.5 Å². The minimum absolute atomic E-state index is 0.0796. The van der Waals surface area contributed by atoms with Crippen LogP contribution in [0.3, 0.4) is 0 Å². The van der Waals surface area contributed by atoms with Crippen molar-refractivity contribution in [3.63, 3.8) is 0 Å². The second-order valence-electron chi connectivity index (χ2n) is 6.94. The van der Waals surface area contributed by atoms with Crippen molar-refractivity contribution in [2.24, 2.45) is 0 Å². The highest BCUT2D eigenvalue weighted by molar-refractivity contribution is 5.76. The zero-order valence-electron chi connectivity index (χ0n) is 16.8. The first kappa shape index (κ1) is 19.9. The number of hydrogen-bond acceptors (Lipinski definition) is 3. The maximum atomic E-state index is 11.5. The van der Waals surface area contributed by atoms with Gasteiger partial charge in [-0.2, -0.15) is 0 Å². The lowest BCUT2D eigenvalue weighted by molar-refractivity contribution is -0.120. The fourth-order valence-corrected chi connectivity index (χ4v) is 3.28. The van der Waals surface area contributed by atoms with Crippen molar-refractivity contribution in [3.8, 4) is 5.75 Å². The summed E-state index contributed by atoms with van der Waals surface area (Å²) in [6.45, 7) is 6.15. The molecule has 0 saturated heterocycles. The molecule has 0 aliphatic rings. The number of amides is 1. The summed E-state index contributed by atoms with van der Waals surface area (Å²) in [5.41, 5.74) is 3.33. The number of nitrogens with zero attached hydrogens (tertiary/aromatic N) is 2. The van der Waals surface area contributed by atoms with Crippen molar-refractivity contribution in [2.45, 2.75) is 46.1 Å². The number of imidazole rings is 1. The number of rotatable bonds is 10. The molecule has 0 saturated carbocycles. The molecule has 0 unspecified atom stereocenters. The SMILES string of the molecule is CCC(=O)NCCc1nc2ccccc2n1CCCCOc1ccccc1C. The summed E-state index contributed by atoms with van der Waals surface area (Å²) in [4.78, 5) is 16.3. The van der Waals surface area contributed by atoms with Gasteiger partial charge in [0.25, 0.3) is 0 Å². The van der Waals surface area contributed by atoms with Crippen LogP contribution in [0, 0.1) is 6.92 Å². The number of benzene rings is 2. The van der Waals surface area contributed by atoms with Crippen LogP contribution in [0.15, 0.2) is 48.5 Å². The molecule has 5 heteroatoms. The Morgan fingerprint density at radius 1 is 1.11 bits per heavy atom. The van der Waals surface area contributed by atoms with Crippen molar-refractivity contribution in [1.29, 1.82) is 0 Å². The summed E-state index contributed by atoms with van der Waals surface area (Å²) in [5.74, 6) is 2.07. The minimum Gasteiger partial charge on any atom is -0.493 e. The predicted molar refractivity (Wildman–Crippen MR) is 113 cm³/mol. The zero-order valence-corrected chi connectivity index (χ0v) is 16.8. The van der Waals surface area contributed by atoms with E-state index >= 15 is 0 Å². The summed E-state index contributed by atoms with van der Waals surface area (Å²) in [6.07, 6.45) is 3.24. The first-order valence-electron chi connectivity index (χ1n) is 10.1. The summed E-state index contributed by atoms with van der Waals surface area (Å²) < 4.78 is 8.18. The van der Waals surface area contributed by atoms with Crippen LogP contribution in [-0.2, 0) is 17.8 Å². The van der Waals surface area contributed by atoms with Crippen LogP contribution in [0.5, 0.6) is 5.75 Å². The van der Waals surface area contributed by atoms with Gasteiger partial charge in [0, 0.05) is 25.9 Å². The van der Waals surface area contributed by atoms with Gasteiger partial charge in [-0.3, -0.25) is 4.79 Å². The number of para-hydroxylation sites is 3. The van der Waals surface area contributed by atoms with Crippen molar-refractivity contribution in [1.82, 2.24) is 14.9 Å². The smallest absolute Gasteiger partial charge is 0.219 e. The maximum absolute atomic E-state index is 11.5. The number of ether oxygens (including phenoxy) is 1. The third-order valence-corrected chi connectivity index (χ3v) is 4.85. The Morgan fingerprint density at radius 2 is 1.89 bits per heavy atom. The van der Waals surface area contributed by atoms with E-state index in [1.807, 2.05) is 43.3 Å². The fourth-order valence-electron chi connectivity index (χ4n) is 3.28. The highest BCUT2D eigenvalue weighted by atomic mass is 16.5. The van der Waals surface area contributed by atoms with Gasteiger partial charge in [-0.1, -0.05) is 37.3 Å². The molecular formula is C23H29N3O2. The molecule has 0 aliphatic heterocycles. The molecule has 1 aromatic heterocycles. The quantitative estimate of drug-likeness (QED) is 0.535. The van der Waals surface area contributed by atoms with Gasteiger partial charge in [0.15, 0.2) is 0 Å². The molecule has 3 aromatic rings. The number of carbonyl (C=O) groups excluding carboxylic acids is 1. The van der Waals surface area contributed by atoms with Gasteiger partial charge in [-0.15, -0.1) is 0 Å². The van der Waals surface area contributed by atoms with E-state index in [9.17, 15) is 4.79 Å². The van der Waals surface area contributed by atoms with E-state index in [1.165, 1.54) is 5.56 Å². The Morgan fingerprint density at radius 3 is 2.71 bits per heavy atom. The van der Waals surface area contributed by atoms with Crippen LogP contribution in [0.2, 0.25) is 0 Å². The van der Waals surface area contributed by atoms with E-state index < -0.39 is 0 Å². The van der Waals surface area contributed by atoms with Crippen molar-refractivity contribution >= 4 is 16.9 Å². The van der Waals surface area contributed by atoms with Crippen molar-refractivity contribution in [2.75, 3.05) is 13.2 Å². The summed E-state index contributed by atoms with van der Waals surface area (Å²) in [5, 5.41) is 2.94. The molecule has 1 amide bonds. The second kappa shape index (κ2) is 9.93.